The number of para-hydroxylation sites is 1. The van der Waals surface area contributed by atoms with Gasteiger partial charge in [0.05, 0.1) is 10.2 Å². The highest BCUT2D eigenvalue weighted by Gasteiger charge is 2.08. The molecule has 0 radical (unpaired) electrons. The number of hydrogen-bond donors (Lipinski definition) is 3. The van der Waals surface area contributed by atoms with Crippen molar-refractivity contribution < 1.29 is 14.8 Å². The lowest BCUT2D eigenvalue weighted by atomic mass is 9.83. The molecule has 2 rings (SSSR count). The number of unbranched alkanes of at least 4 members (excludes halogenated alkanes) is 3. The molecule has 0 unspecified atom stereocenters. The SMILES string of the molecule is O=C(CCCCCCB(O)O)Nc1nc2ccccc2s1. The quantitative estimate of drug-likeness (QED) is 0.517. The number of anilines is 1. The Morgan fingerprint density at radius 2 is 1.95 bits per heavy atom. The van der Waals surface area contributed by atoms with Crippen molar-refractivity contribution in [3.8, 4) is 0 Å². The van der Waals surface area contributed by atoms with Gasteiger partial charge in [-0.25, -0.2) is 4.98 Å². The van der Waals surface area contributed by atoms with E-state index in [0.717, 1.165) is 35.9 Å². The van der Waals surface area contributed by atoms with Crippen molar-refractivity contribution in [2.75, 3.05) is 5.32 Å². The summed E-state index contributed by atoms with van der Waals surface area (Å²) in [4.78, 5) is 16.2. The van der Waals surface area contributed by atoms with Gasteiger partial charge in [-0.05, 0) is 24.9 Å². The second-order valence-corrected chi connectivity index (χ2v) is 6.00. The third kappa shape index (κ3) is 5.45. The second kappa shape index (κ2) is 8.12. The minimum absolute atomic E-state index is 0.0174. The van der Waals surface area contributed by atoms with Crippen LogP contribution in [0.5, 0.6) is 0 Å². The Morgan fingerprint density at radius 1 is 1.19 bits per heavy atom. The fourth-order valence-corrected chi connectivity index (χ4v) is 2.96. The molecule has 0 bridgehead atoms. The normalized spacial score (nSPS) is 10.8. The lowest BCUT2D eigenvalue weighted by molar-refractivity contribution is -0.116. The first-order valence-corrected chi connectivity index (χ1v) is 7.98. The number of hydrogen-bond acceptors (Lipinski definition) is 5. The third-order valence-corrected chi connectivity index (χ3v) is 4.11. The fourth-order valence-electron chi connectivity index (χ4n) is 2.07. The number of carbonyl (C=O) groups excluding carboxylic acids is 1. The summed E-state index contributed by atoms with van der Waals surface area (Å²) in [6, 6.07) is 7.79. The Morgan fingerprint density at radius 3 is 2.71 bits per heavy atom. The van der Waals surface area contributed by atoms with E-state index in [2.05, 4.69) is 10.3 Å². The van der Waals surface area contributed by atoms with Crippen LogP contribution >= 0.6 is 11.3 Å². The zero-order valence-electron chi connectivity index (χ0n) is 11.8. The van der Waals surface area contributed by atoms with Crippen molar-refractivity contribution in [1.82, 2.24) is 4.98 Å². The number of nitrogens with zero attached hydrogens (tertiary/aromatic N) is 1. The Labute approximate surface area is 128 Å². The van der Waals surface area contributed by atoms with Crippen LogP contribution in [0.4, 0.5) is 5.13 Å². The molecule has 1 heterocycles. The number of aromatic nitrogens is 1. The number of fused-ring (bicyclic) bond motifs is 1. The van der Waals surface area contributed by atoms with Crippen molar-refractivity contribution in [3.63, 3.8) is 0 Å². The molecule has 0 fully saturated rings. The second-order valence-electron chi connectivity index (χ2n) is 4.97. The van der Waals surface area contributed by atoms with E-state index in [1.54, 1.807) is 0 Å². The van der Waals surface area contributed by atoms with Crippen LogP contribution in [0.25, 0.3) is 10.2 Å². The average molecular weight is 306 g/mol. The van der Waals surface area contributed by atoms with E-state index >= 15 is 0 Å². The minimum atomic E-state index is -1.22. The number of nitrogens with one attached hydrogen (secondary N) is 1. The molecule has 3 N–H and O–H groups in total. The maximum absolute atomic E-state index is 11.8. The summed E-state index contributed by atoms with van der Waals surface area (Å²) in [7, 11) is -1.22. The Hall–Kier alpha value is -1.44. The van der Waals surface area contributed by atoms with Gasteiger partial charge in [0.25, 0.3) is 0 Å². The molecule has 0 atom stereocenters. The molecule has 112 valence electrons. The molecule has 1 aromatic carbocycles. The zero-order valence-corrected chi connectivity index (χ0v) is 12.6. The van der Waals surface area contributed by atoms with Crippen molar-refractivity contribution in [2.24, 2.45) is 0 Å². The van der Waals surface area contributed by atoms with Crippen molar-refractivity contribution in [3.05, 3.63) is 24.3 Å². The summed E-state index contributed by atoms with van der Waals surface area (Å²) < 4.78 is 1.07. The predicted molar refractivity (Wildman–Crippen MR) is 86.3 cm³/mol. The highest BCUT2D eigenvalue weighted by molar-refractivity contribution is 7.22. The first-order chi connectivity index (χ1) is 10.1. The van der Waals surface area contributed by atoms with Gasteiger partial charge in [0, 0.05) is 6.42 Å². The van der Waals surface area contributed by atoms with E-state index in [-0.39, 0.29) is 5.91 Å². The monoisotopic (exact) mass is 306 g/mol. The standard InChI is InChI=1S/C14H19BN2O3S/c18-13(9-3-1-2-6-10-15(19)20)17-14-16-11-7-4-5-8-12(11)21-14/h4-5,7-8,19-20H,1-3,6,9-10H2,(H,16,17,18). The zero-order chi connectivity index (χ0) is 15.1. The average Bonchev–Trinajstić information content (AvgIpc) is 2.84. The van der Waals surface area contributed by atoms with Crippen LogP contribution < -0.4 is 5.32 Å². The molecule has 21 heavy (non-hydrogen) atoms. The molecule has 0 aliphatic carbocycles. The highest BCUT2D eigenvalue weighted by Crippen LogP contribution is 2.25. The van der Waals surface area contributed by atoms with Gasteiger partial charge in [-0.1, -0.05) is 42.7 Å². The molecule has 0 spiro atoms. The van der Waals surface area contributed by atoms with Gasteiger partial charge in [0.1, 0.15) is 0 Å². The van der Waals surface area contributed by atoms with Crippen LogP contribution in [-0.2, 0) is 4.79 Å². The molecule has 2 aromatic rings. The number of carbonyl (C=O) groups is 1. The van der Waals surface area contributed by atoms with E-state index in [9.17, 15) is 4.79 Å². The van der Waals surface area contributed by atoms with Gasteiger partial charge < -0.3 is 15.4 Å². The smallest absolute Gasteiger partial charge is 0.427 e. The van der Waals surface area contributed by atoms with E-state index in [1.165, 1.54) is 11.3 Å². The van der Waals surface area contributed by atoms with Gasteiger partial charge >= 0.3 is 7.12 Å². The number of amides is 1. The molecular formula is C14H19BN2O3S. The van der Waals surface area contributed by atoms with Gasteiger partial charge in [-0.3, -0.25) is 4.79 Å². The molecule has 0 aliphatic heterocycles. The maximum Gasteiger partial charge on any atom is 0.451 e. The van der Waals surface area contributed by atoms with Crippen LogP contribution in [0.15, 0.2) is 24.3 Å². The molecule has 1 amide bonds. The highest BCUT2D eigenvalue weighted by atomic mass is 32.1. The fraction of sp³-hybridized carbons (Fsp3) is 0.429. The maximum atomic E-state index is 11.8. The van der Waals surface area contributed by atoms with Crippen LogP contribution in [0.2, 0.25) is 6.32 Å². The van der Waals surface area contributed by atoms with E-state index < -0.39 is 7.12 Å². The molecule has 0 saturated heterocycles. The van der Waals surface area contributed by atoms with Crippen LogP contribution in [-0.4, -0.2) is 28.1 Å². The molecule has 5 nitrogen and oxygen atoms in total. The van der Waals surface area contributed by atoms with Gasteiger partial charge in [0.15, 0.2) is 5.13 Å². The Bertz CT molecular complexity index is 555. The van der Waals surface area contributed by atoms with Crippen molar-refractivity contribution in [2.45, 2.75) is 38.4 Å². The molecular weight excluding hydrogens is 287 g/mol. The van der Waals surface area contributed by atoms with Gasteiger partial charge in [-0.15, -0.1) is 0 Å². The van der Waals surface area contributed by atoms with E-state index in [4.69, 9.17) is 10.0 Å². The van der Waals surface area contributed by atoms with Gasteiger partial charge in [-0.2, -0.15) is 0 Å². The summed E-state index contributed by atoms with van der Waals surface area (Å²) >= 11 is 1.48. The summed E-state index contributed by atoms with van der Waals surface area (Å²) in [6.07, 6.45) is 4.27. The first kappa shape index (κ1) is 15.9. The Balaban J connectivity index is 1.67. The minimum Gasteiger partial charge on any atom is -0.427 e. The summed E-state index contributed by atoms with van der Waals surface area (Å²) in [5.41, 5.74) is 0.903. The topological polar surface area (TPSA) is 82.5 Å². The predicted octanol–water partition coefficient (Wildman–Crippen LogP) is 2.66. The summed E-state index contributed by atoms with van der Waals surface area (Å²) in [6.45, 7) is 0. The first-order valence-electron chi connectivity index (χ1n) is 7.17. The third-order valence-electron chi connectivity index (χ3n) is 3.16. The largest absolute Gasteiger partial charge is 0.451 e. The Kier molecular flexibility index (Phi) is 6.16. The van der Waals surface area contributed by atoms with Crippen LogP contribution in [0.3, 0.4) is 0 Å². The summed E-state index contributed by atoms with van der Waals surface area (Å²) in [5, 5.41) is 20.9. The van der Waals surface area contributed by atoms with Crippen LogP contribution in [0.1, 0.15) is 32.1 Å². The molecule has 7 heteroatoms. The van der Waals surface area contributed by atoms with Crippen LogP contribution in [0, 0.1) is 0 Å². The van der Waals surface area contributed by atoms with Gasteiger partial charge in [0.2, 0.25) is 5.91 Å². The molecule has 0 aliphatic rings. The van der Waals surface area contributed by atoms with E-state index in [1.807, 2.05) is 24.3 Å². The lowest BCUT2D eigenvalue weighted by Gasteiger charge is -2.02. The van der Waals surface area contributed by atoms with Crippen molar-refractivity contribution >= 4 is 39.7 Å². The molecule has 1 aromatic heterocycles. The molecule has 0 saturated carbocycles. The number of rotatable bonds is 8. The number of benzene rings is 1. The van der Waals surface area contributed by atoms with Crippen molar-refractivity contribution in [1.29, 1.82) is 0 Å². The van der Waals surface area contributed by atoms with E-state index in [0.29, 0.717) is 17.9 Å². The lowest BCUT2D eigenvalue weighted by Crippen LogP contribution is -2.11. The number of thiazole rings is 1. The summed E-state index contributed by atoms with van der Waals surface area (Å²) in [5.74, 6) is -0.0174.